The summed E-state index contributed by atoms with van der Waals surface area (Å²) in [7, 11) is 0. The molecule has 0 atom stereocenters. The molecule has 1 amide bonds. The number of rotatable bonds is 5. The number of nitro groups is 1. The molecule has 122 valence electrons. The van der Waals surface area contributed by atoms with Crippen LogP contribution in [0.25, 0.3) is 10.1 Å². The first kappa shape index (κ1) is 16.4. The molecule has 0 radical (unpaired) electrons. The highest BCUT2D eigenvalue weighted by atomic mass is 35.5. The molecule has 0 bridgehead atoms. The summed E-state index contributed by atoms with van der Waals surface area (Å²) in [6.07, 6.45) is 0.723. The molecule has 3 aromatic rings. The summed E-state index contributed by atoms with van der Waals surface area (Å²) in [6, 6.07) is 14.2. The van der Waals surface area contributed by atoms with Crippen LogP contribution in [-0.2, 0) is 6.42 Å². The number of nitrogens with one attached hydrogen (secondary N) is 1. The maximum absolute atomic E-state index is 12.3. The van der Waals surface area contributed by atoms with Crippen molar-refractivity contribution in [1.29, 1.82) is 0 Å². The van der Waals surface area contributed by atoms with E-state index in [-0.39, 0.29) is 11.6 Å². The van der Waals surface area contributed by atoms with Crippen LogP contribution in [0.3, 0.4) is 0 Å². The van der Waals surface area contributed by atoms with E-state index in [0.29, 0.717) is 26.5 Å². The zero-order valence-corrected chi connectivity index (χ0v) is 14.1. The fourth-order valence-electron chi connectivity index (χ4n) is 2.36. The van der Waals surface area contributed by atoms with Gasteiger partial charge in [0.25, 0.3) is 11.6 Å². The van der Waals surface area contributed by atoms with Gasteiger partial charge in [-0.15, -0.1) is 11.3 Å². The highest BCUT2D eigenvalue weighted by molar-refractivity contribution is 7.21. The van der Waals surface area contributed by atoms with Gasteiger partial charge >= 0.3 is 0 Å². The van der Waals surface area contributed by atoms with Crippen LogP contribution < -0.4 is 5.32 Å². The molecule has 2 aromatic carbocycles. The number of non-ortho nitro benzene ring substituents is 1. The smallest absolute Gasteiger partial charge is 0.270 e. The third kappa shape index (κ3) is 3.39. The first-order valence-electron chi connectivity index (χ1n) is 7.25. The Kier molecular flexibility index (Phi) is 4.78. The van der Waals surface area contributed by atoms with E-state index in [1.165, 1.54) is 12.1 Å². The minimum absolute atomic E-state index is 0.0172. The Morgan fingerprint density at radius 2 is 1.96 bits per heavy atom. The largest absolute Gasteiger partial charge is 0.351 e. The van der Waals surface area contributed by atoms with Crippen molar-refractivity contribution < 1.29 is 9.72 Å². The molecule has 0 aliphatic rings. The normalized spacial score (nSPS) is 10.7. The number of nitrogens with zero attached hydrogens (tertiary/aromatic N) is 1. The van der Waals surface area contributed by atoms with Crippen LogP contribution in [0.1, 0.15) is 15.2 Å². The molecule has 0 fully saturated rings. The number of hydrogen-bond donors (Lipinski definition) is 1. The molecule has 0 saturated heterocycles. The van der Waals surface area contributed by atoms with Crippen LogP contribution in [0.15, 0.2) is 48.5 Å². The van der Waals surface area contributed by atoms with Gasteiger partial charge in [0.15, 0.2) is 0 Å². The second-order valence-electron chi connectivity index (χ2n) is 5.17. The maximum atomic E-state index is 12.3. The molecule has 3 rings (SSSR count). The summed E-state index contributed by atoms with van der Waals surface area (Å²) in [5.41, 5.74) is 1.12. The molecule has 0 unspecified atom stereocenters. The van der Waals surface area contributed by atoms with Crippen LogP contribution in [-0.4, -0.2) is 17.4 Å². The molecule has 24 heavy (non-hydrogen) atoms. The Morgan fingerprint density at radius 3 is 2.67 bits per heavy atom. The number of thiophene rings is 1. The number of halogens is 1. The van der Waals surface area contributed by atoms with Gasteiger partial charge in [-0.05, 0) is 18.1 Å². The molecule has 0 aliphatic heterocycles. The second kappa shape index (κ2) is 6.98. The van der Waals surface area contributed by atoms with Crippen LogP contribution >= 0.6 is 22.9 Å². The Morgan fingerprint density at radius 1 is 1.21 bits per heavy atom. The fraction of sp³-hybridized carbons (Fsp3) is 0.118. The summed E-state index contributed by atoms with van der Waals surface area (Å²) in [4.78, 5) is 23.1. The highest BCUT2D eigenvalue weighted by Crippen LogP contribution is 2.37. The SMILES string of the molecule is O=C(NCCc1ccccc1)c1sc2cc([N+](=O)[O-])ccc2c1Cl. The first-order valence-corrected chi connectivity index (χ1v) is 8.44. The van der Waals surface area contributed by atoms with E-state index >= 15 is 0 Å². The summed E-state index contributed by atoms with van der Waals surface area (Å²) in [6.45, 7) is 0.494. The maximum Gasteiger partial charge on any atom is 0.270 e. The highest BCUT2D eigenvalue weighted by Gasteiger charge is 2.18. The Labute approximate surface area is 147 Å². The standard InChI is InChI=1S/C17H13ClN2O3S/c18-15-13-7-6-12(20(22)23)10-14(13)24-16(15)17(21)19-9-8-11-4-2-1-3-5-11/h1-7,10H,8-9H2,(H,19,21). The van der Waals surface area contributed by atoms with Gasteiger partial charge < -0.3 is 5.32 Å². The second-order valence-corrected chi connectivity index (χ2v) is 6.60. The summed E-state index contributed by atoms with van der Waals surface area (Å²) in [5, 5.41) is 14.7. The van der Waals surface area contributed by atoms with Gasteiger partial charge in [0.1, 0.15) is 4.88 Å². The number of benzene rings is 2. The van der Waals surface area contributed by atoms with E-state index in [2.05, 4.69) is 5.32 Å². The molecule has 1 aromatic heterocycles. The number of carbonyl (C=O) groups excluding carboxylic acids is 1. The van der Waals surface area contributed by atoms with E-state index in [4.69, 9.17) is 11.6 Å². The average Bonchev–Trinajstić information content (AvgIpc) is 2.92. The van der Waals surface area contributed by atoms with Gasteiger partial charge in [0, 0.05) is 28.8 Å². The van der Waals surface area contributed by atoms with Crippen molar-refractivity contribution in [2.45, 2.75) is 6.42 Å². The lowest BCUT2D eigenvalue weighted by Gasteiger charge is -2.04. The first-order chi connectivity index (χ1) is 11.6. The molecule has 0 spiro atoms. The summed E-state index contributed by atoms with van der Waals surface area (Å²) < 4.78 is 0.627. The number of fused-ring (bicyclic) bond motifs is 1. The van der Waals surface area contributed by atoms with Crippen LogP contribution in [0, 0.1) is 10.1 Å². The van der Waals surface area contributed by atoms with E-state index in [0.717, 1.165) is 23.3 Å². The number of hydrogen-bond acceptors (Lipinski definition) is 4. The van der Waals surface area contributed by atoms with Gasteiger partial charge in [-0.25, -0.2) is 0 Å². The quantitative estimate of drug-likeness (QED) is 0.540. The summed E-state index contributed by atoms with van der Waals surface area (Å²) >= 11 is 7.42. The Hall–Kier alpha value is -2.44. The van der Waals surface area contributed by atoms with Crippen molar-refractivity contribution in [1.82, 2.24) is 5.32 Å². The average molecular weight is 361 g/mol. The van der Waals surface area contributed by atoms with Gasteiger partial charge in [-0.1, -0.05) is 41.9 Å². The molecular formula is C17H13ClN2O3S. The molecule has 1 N–H and O–H groups in total. The van der Waals surface area contributed by atoms with Gasteiger partial charge in [0.05, 0.1) is 9.95 Å². The fourth-order valence-corrected chi connectivity index (χ4v) is 3.83. The van der Waals surface area contributed by atoms with Crippen molar-refractivity contribution in [3.63, 3.8) is 0 Å². The molecule has 7 heteroatoms. The lowest BCUT2D eigenvalue weighted by atomic mass is 10.1. The molecule has 5 nitrogen and oxygen atoms in total. The number of nitro benzene ring substituents is 1. The predicted molar refractivity (Wildman–Crippen MR) is 96.0 cm³/mol. The zero-order chi connectivity index (χ0) is 17.1. The third-order valence-corrected chi connectivity index (χ3v) is 5.23. The van der Waals surface area contributed by atoms with E-state index in [1.807, 2.05) is 30.3 Å². The lowest BCUT2D eigenvalue weighted by Crippen LogP contribution is -2.25. The number of carbonyl (C=O) groups is 1. The van der Waals surface area contributed by atoms with Crippen molar-refractivity contribution in [2.75, 3.05) is 6.54 Å². The van der Waals surface area contributed by atoms with E-state index < -0.39 is 4.92 Å². The van der Waals surface area contributed by atoms with Crippen LogP contribution in [0.4, 0.5) is 5.69 Å². The summed E-state index contributed by atoms with van der Waals surface area (Å²) in [5.74, 6) is -0.264. The lowest BCUT2D eigenvalue weighted by molar-refractivity contribution is -0.384. The molecular weight excluding hydrogens is 348 g/mol. The zero-order valence-electron chi connectivity index (χ0n) is 12.5. The van der Waals surface area contributed by atoms with Gasteiger partial charge in [0.2, 0.25) is 0 Å². The monoisotopic (exact) mass is 360 g/mol. The van der Waals surface area contributed by atoms with Gasteiger partial charge in [-0.2, -0.15) is 0 Å². The molecule has 0 saturated carbocycles. The van der Waals surface area contributed by atoms with Crippen molar-refractivity contribution >= 4 is 44.6 Å². The van der Waals surface area contributed by atoms with E-state index in [1.54, 1.807) is 6.07 Å². The van der Waals surface area contributed by atoms with Crippen LogP contribution in [0.5, 0.6) is 0 Å². The van der Waals surface area contributed by atoms with Crippen molar-refractivity contribution in [3.8, 4) is 0 Å². The minimum atomic E-state index is -0.466. The predicted octanol–water partition coefficient (Wildman–Crippen LogP) is 4.44. The Bertz CT molecular complexity index is 909. The van der Waals surface area contributed by atoms with Crippen LogP contribution in [0.2, 0.25) is 5.02 Å². The minimum Gasteiger partial charge on any atom is -0.351 e. The van der Waals surface area contributed by atoms with Crippen molar-refractivity contribution in [3.05, 3.63) is 74.1 Å². The number of amides is 1. The molecule has 1 heterocycles. The third-order valence-electron chi connectivity index (χ3n) is 3.57. The van der Waals surface area contributed by atoms with Crippen molar-refractivity contribution in [2.24, 2.45) is 0 Å². The van der Waals surface area contributed by atoms with Gasteiger partial charge in [-0.3, -0.25) is 14.9 Å². The Balaban J connectivity index is 1.74. The van der Waals surface area contributed by atoms with E-state index in [9.17, 15) is 14.9 Å². The topological polar surface area (TPSA) is 72.2 Å². The molecule has 0 aliphatic carbocycles.